The number of aliphatic hydroxyl groups excluding tert-OH is 4. The van der Waals surface area contributed by atoms with Crippen molar-refractivity contribution in [2.24, 2.45) is 35.5 Å². The first-order chi connectivity index (χ1) is 43.6. The fourth-order valence-corrected chi connectivity index (χ4v) is 19.3. The highest BCUT2D eigenvalue weighted by Gasteiger charge is 2.65. The predicted molar refractivity (Wildman–Crippen MR) is 338 cm³/mol. The second-order valence-corrected chi connectivity index (χ2v) is 27.2. The van der Waals surface area contributed by atoms with Gasteiger partial charge in [0, 0.05) is 65.1 Å². The molecule has 0 unspecified atom stereocenters. The van der Waals surface area contributed by atoms with E-state index in [2.05, 4.69) is 127 Å². The third-order valence-corrected chi connectivity index (χ3v) is 23.2. The summed E-state index contributed by atoms with van der Waals surface area (Å²) in [6.07, 6.45) is 21.6. The molecule has 0 radical (unpaired) electrons. The normalized spacial score (nSPS) is 31.4. The standard InChI is InChI=1S/C77H80O12/c1-44(40-79)54-28-20-45-18-21-47(22-19-45)55-29-25-49(57-14-7-17-65-60(57)31-27-53-12-6-11-52-26-23-48-10-3-5-16-64(48)77(52,53)65)37-51(55)38-68(82)86-72-70-67(33-32-61-63(41-80)69(75(84)87-71(61)70)50(34-36-78)42-85-43-81)89-76(73(72)88-74(54)83)35-8-15-59-58-30-24-46-9-2-4-13-56(46)62(58)39-66(59)76/h2-5,7-10,13-19,21-22,24-25,29-30,32-33,49-53,55,58-59,62,66,72-73,78-81H,6,11-12,20,23,26-28,31,34-43H2,1H3/b54-44-/t49-,50-,51+,52+,53+,55+,58-,59+,62-,66-,72-,73+,76+,77+/m1/s1. The van der Waals surface area contributed by atoms with Crippen LogP contribution in [-0.2, 0) is 55.1 Å². The number of allylic oxidation sites excluding steroid dienone is 4. The van der Waals surface area contributed by atoms with Gasteiger partial charge in [0.05, 0.1) is 25.4 Å². The lowest BCUT2D eigenvalue weighted by Gasteiger charge is -2.57. The van der Waals surface area contributed by atoms with E-state index in [1.807, 2.05) is 0 Å². The van der Waals surface area contributed by atoms with Gasteiger partial charge >= 0.3 is 17.6 Å². The molecule has 1 aromatic heterocycles. The molecule has 7 aliphatic carbocycles. The van der Waals surface area contributed by atoms with Gasteiger partial charge in [0.15, 0.2) is 17.8 Å². The van der Waals surface area contributed by atoms with Crippen molar-refractivity contribution in [2.45, 2.75) is 150 Å². The van der Waals surface area contributed by atoms with Crippen LogP contribution in [0.15, 0.2) is 154 Å². The molecule has 2 spiro atoms. The number of ether oxygens (including phenoxy) is 4. The number of carbonyl (C=O) groups excluding carboxylic acids is 2. The van der Waals surface area contributed by atoms with Crippen LogP contribution in [0.1, 0.15) is 174 Å². The zero-order valence-corrected chi connectivity index (χ0v) is 50.7. The number of fused-ring (bicyclic) bond motifs is 19. The molecule has 3 aliphatic heterocycles. The van der Waals surface area contributed by atoms with Crippen LogP contribution < -0.4 is 10.4 Å². The van der Waals surface area contributed by atoms with Gasteiger partial charge in [0.2, 0.25) is 0 Å². The Bertz CT molecular complexity index is 3930. The lowest BCUT2D eigenvalue weighted by Crippen LogP contribution is -2.61. The number of rotatable bonds is 9. The van der Waals surface area contributed by atoms with E-state index in [1.165, 1.54) is 59.1 Å². The third kappa shape index (κ3) is 9.50. The molecule has 16 rings (SSSR count). The van der Waals surface area contributed by atoms with Gasteiger partial charge in [0.25, 0.3) is 0 Å². The van der Waals surface area contributed by atoms with Gasteiger partial charge in [-0.15, -0.1) is 0 Å². The number of hydrogen-bond acceptors (Lipinski definition) is 12. The largest absolute Gasteiger partial charge is 0.482 e. The quantitative estimate of drug-likeness (QED) is 0.0354. The molecule has 2 saturated carbocycles. The first-order valence-electron chi connectivity index (χ1n) is 32.9. The Hall–Kier alpha value is -7.19. The molecule has 12 heteroatoms. The highest BCUT2D eigenvalue weighted by Crippen LogP contribution is 2.64. The van der Waals surface area contributed by atoms with Crippen molar-refractivity contribution in [3.63, 3.8) is 0 Å². The van der Waals surface area contributed by atoms with Crippen molar-refractivity contribution in [1.82, 2.24) is 0 Å². The molecule has 0 amide bonds. The molecule has 89 heavy (non-hydrogen) atoms. The number of aryl methyl sites for hydroxylation is 2. The fourth-order valence-electron chi connectivity index (χ4n) is 19.3. The zero-order chi connectivity index (χ0) is 60.7. The van der Waals surface area contributed by atoms with Gasteiger partial charge < -0.3 is 43.8 Å². The van der Waals surface area contributed by atoms with Crippen molar-refractivity contribution in [1.29, 1.82) is 0 Å². The molecule has 2 fully saturated rings. The van der Waals surface area contributed by atoms with E-state index < -0.39 is 54.7 Å². The van der Waals surface area contributed by atoms with Crippen molar-refractivity contribution >= 4 is 29.0 Å². The van der Waals surface area contributed by atoms with Crippen molar-refractivity contribution in [3.8, 4) is 5.75 Å². The summed E-state index contributed by atoms with van der Waals surface area (Å²) in [7, 11) is 0. The Morgan fingerprint density at radius 2 is 1.55 bits per heavy atom. The van der Waals surface area contributed by atoms with Gasteiger partial charge in [-0.25, -0.2) is 9.59 Å². The van der Waals surface area contributed by atoms with E-state index in [9.17, 15) is 25.2 Å². The Morgan fingerprint density at radius 3 is 2.37 bits per heavy atom. The number of aliphatic hydroxyl groups is 4. The molecule has 2 bridgehead atoms. The Balaban J connectivity index is 0.884. The lowest BCUT2D eigenvalue weighted by molar-refractivity contribution is -0.205. The average molecular weight is 1200 g/mol. The summed E-state index contributed by atoms with van der Waals surface area (Å²) in [5, 5.41) is 42.5. The minimum atomic E-state index is -1.41. The summed E-state index contributed by atoms with van der Waals surface area (Å²) in [6, 6.07) is 36.9. The summed E-state index contributed by atoms with van der Waals surface area (Å²) in [5.74, 6) is -1.04. The van der Waals surface area contributed by atoms with Crippen molar-refractivity contribution < 1.29 is 53.4 Å². The van der Waals surface area contributed by atoms with Crippen LogP contribution in [0.3, 0.4) is 0 Å². The highest BCUT2D eigenvalue weighted by atomic mass is 16.6. The van der Waals surface area contributed by atoms with Crippen LogP contribution in [0.2, 0.25) is 0 Å². The van der Waals surface area contributed by atoms with E-state index in [0.29, 0.717) is 53.4 Å². The van der Waals surface area contributed by atoms with E-state index in [1.54, 1.807) is 19.1 Å². The highest BCUT2D eigenvalue weighted by molar-refractivity contribution is 5.91. The van der Waals surface area contributed by atoms with Crippen LogP contribution in [0.25, 0.3) is 17.0 Å². The first kappa shape index (κ1) is 58.2. The summed E-state index contributed by atoms with van der Waals surface area (Å²) in [6.45, 7) is -0.333. The van der Waals surface area contributed by atoms with Gasteiger partial charge in [-0.3, -0.25) is 4.79 Å². The van der Waals surface area contributed by atoms with Gasteiger partial charge in [-0.2, -0.15) is 0 Å². The predicted octanol–water partition coefficient (Wildman–Crippen LogP) is 12.8. The number of carbonyl (C=O) groups is 2. The minimum Gasteiger partial charge on any atom is -0.482 e. The lowest BCUT2D eigenvalue weighted by atomic mass is 9.46. The minimum absolute atomic E-state index is 0.00497. The fraction of sp³-hybridized carbons (Fsp3) is 0.442. The topological polar surface area (TPSA) is 182 Å². The molecule has 0 saturated heterocycles. The maximum absolute atomic E-state index is 16.1. The molecule has 10 aliphatic rings. The molecule has 5 aromatic carbocycles. The van der Waals surface area contributed by atoms with E-state index >= 15 is 9.59 Å². The van der Waals surface area contributed by atoms with E-state index in [4.69, 9.17) is 23.4 Å². The van der Waals surface area contributed by atoms with Crippen LogP contribution in [0.4, 0.5) is 0 Å². The molecular weight excluding hydrogens is 1120 g/mol. The molecular formula is C77H80O12. The maximum Gasteiger partial charge on any atom is 0.340 e. The molecule has 4 N–H and O–H groups in total. The molecule has 14 atom stereocenters. The van der Waals surface area contributed by atoms with E-state index in [0.717, 1.165) is 36.0 Å². The summed E-state index contributed by atoms with van der Waals surface area (Å²) in [5.41, 5.74) is 10.9. The van der Waals surface area contributed by atoms with Crippen molar-refractivity contribution in [2.75, 3.05) is 26.6 Å². The van der Waals surface area contributed by atoms with Gasteiger partial charge in [-0.1, -0.05) is 134 Å². The average Bonchev–Trinajstić information content (AvgIpc) is 1.52. The van der Waals surface area contributed by atoms with Gasteiger partial charge in [0.1, 0.15) is 18.1 Å². The number of benzene rings is 5. The monoisotopic (exact) mass is 1200 g/mol. The second kappa shape index (κ2) is 23.6. The SMILES string of the molecule is C/C(CO)=C1\CCc2ccc(cc2)[C@@H]2C=C[C@@H](c3cccc4c3CC[C@@H]3CCC[C@H]5CCc6ccccc6[C@]453)C[C@H]2CC(=O)O[C@@H]2c3c(ccc4c(CO)c([C@H](CCO)COCO)c(=O)oc34)O[C@]3(CC=C[C@H]4[C@H]5C=Cc6ccccc6[C@H]5C[C@H]43)[C@H]2OC1=O. The summed E-state index contributed by atoms with van der Waals surface area (Å²) < 4.78 is 33.9. The van der Waals surface area contributed by atoms with Crippen molar-refractivity contribution in [3.05, 3.63) is 222 Å². The second-order valence-electron chi connectivity index (χ2n) is 27.2. The first-order valence-corrected chi connectivity index (χ1v) is 32.9. The molecule has 460 valence electrons. The Kier molecular flexibility index (Phi) is 15.4. The summed E-state index contributed by atoms with van der Waals surface area (Å²) >= 11 is 0. The van der Waals surface area contributed by atoms with Crippen LogP contribution in [-0.4, -0.2) is 70.7 Å². The van der Waals surface area contributed by atoms with Crippen LogP contribution in [0, 0.1) is 35.5 Å². The van der Waals surface area contributed by atoms with E-state index in [-0.39, 0.29) is 115 Å². The third-order valence-electron chi connectivity index (χ3n) is 23.2. The maximum atomic E-state index is 16.1. The Morgan fingerprint density at radius 1 is 0.753 bits per heavy atom. The molecule has 4 heterocycles. The number of esters is 2. The number of hydrogen-bond donors (Lipinski definition) is 4. The molecule has 12 nitrogen and oxygen atoms in total. The molecule has 6 aromatic rings. The van der Waals surface area contributed by atoms with Crippen LogP contribution in [0.5, 0.6) is 5.75 Å². The summed E-state index contributed by atoms with van der Waals surface area (Å²) in [4.78, 5) is 46.5. The Labute approximate surface area is 520 Å². The van der Waals surface area contributed by atoms with Gasteiger partial charge in [-0.05, 0) is 186 Å². The van der Waals surface area contributed by atoms with Crippen LogP contribution >= 0.6 is 0 Å². The zero-order valence-electron chi connectivity index (χ0n) is 50.7. The smallest absolute Gasteiger partial charge is 0.340 e.